The van der Waals surface area contributed by atoms with E-state index in [4.69, 9.17) is 0 Å². The van der Waals surface area contributed by atoms with Crippen LogP contribution in [0.4, 0.5) is 4.39 Å². The zero-order valence-electron chi connectivity index (χ0n) is 14.1. The van der Waals surface area contributed by atoms with Crippen molar-refractivity contribution >= 4 is 16.9 Å². The number of hydrogen-bond donors (Lipinski definition) is 3. The van der Waals surface area contributed by atoms with Gasteiger partial charge in [0.05, 0.1) is 18.3 Å². The Kier molecular flexibility index (Phi) is 4.54. The third-order valence-corrected chi connectivity index (χ3v) is 4.06. The van der Waals surface area contributed by atoms with E-state index < -0.39 is 11.4 Å². The van der Waals surface area contributed by atoms with Crippen LogP contribution in [0.15, 0.2) is 30.6 Å². The van der Waals surface area contributed by atoms with Crippen molar-refractivity contribution in [3.63, 3.8) is 0 Å². The van der Waals surface area contributed by atoms with Gasteiger partial charge in [0, 0.05) is 31.6 Å². The summed E-state index contributed by atoms with van der Waals surface area (Å²) in [5, 5.41) is 17.1. The first-order valence-corrected chi connectivity index (χ1v) is 7.96. The molecule has 0 fully saturated rings. The van der Waals surface area contributed by atoms with Crippen molar-refractivity contribution < 1.29 is 14.3 Å². The Morgan fingerprint density at radius 2 is 2.28 bits per heavy atom. The van der Waals surface area contributed by atoms with E-state index in [1.165, 1.54) is 6.07 Å². The zero-order chi connectivity index (χ0) is 18.0. The van der Waals surface area contributed by atoms with Crippen LogP contribution < -0.4 is 5.32 Å². The van der Waals surface area contributed by atoms with Crippen LogP contribution in [0.1, 0.15) is 24.7 Å². The van der Waals surface area contributed by atoms with Crippen LogP contribution in [-0.2, 0) is 23.9 Å². The lowest BCUT2D eigenvalue weighted by molar-refractivity contribution is -0.122. The van der Waals surface area contributed by atoms with Crippen LogP contribution in [0.3, 0.4) is 0 Å². The molecule has 132 valence electrons. The highest BCUT2D eigenvalue weighted by Gasteiger charge is 2.25. The maximum absolute atomic E-state index is 13.6. The molecule has 0 bridgehead atoms. The molecular weight excluding hydrogens is 325 g/mol. The molecule has 25 heavy (non-hydrogen) atoms. The van der Waals surface area contributed by atoms with E-state index in [-0.39, 0.29) is 24.4 Å². The lowest BCUT2D eigenvalue weighted by Crippen LogP contribution is -2.38. The number of nitrogens with one attached hydrogen (secondary N) is 2. The van der Waals surface area contributed by atoms with E-state index in [1.54, 1.807) is 43.2 Å². The van der Waals surface area contributed by atoms with Gasteiger partial charge in [-0.25, -0.2) is 9.37 Å². The third-order valence-electron chi connectivity index (χ3n) is 4.06. The maximum atomic E-state index is 13.6. The van der Waals surface area contributed by atoms with Crippen LogP contribution in [0.2, 0.25) is 0 Å². The van der Waals surface area contributed by atoms with Gasteiger partial charge in [0.1, 0.15) is 16.9 Å². The topological polar surface area (TPSA) is 95.8 Å². The fourth-order valence-electron chi connectivity index (χ4n) is 2.56. The van der Waals surface area contributed by atoms with Crippen molar-refractivity contribution in [2.24, 2.45) is 7.05 Å². The number of H-pyrrole nitrogens is 1. The molecule has 1 aromatic carbocycles. The fraction of sp³-hybridized carbons (Fsp3) is 0.353. The molecule has 0 aliphatic carbocycles. The SMILES string of the molecule is Cn1cc(C(C)(O)CNC(=O)CCc2nc3c(F)cccc3[nH]2)cn1. The molecule has 0 saturated carbocycles. The number of fused-ring (bicyclic) bond motifs is 1. The minimum absolute atomic E-state index is 0.0757. The first-order valence-electron chi connectivity index (χ1n) is 7.96. The second-order valence-corrected chi connectivity index (χ2v) is 6.27. The number of rotatable bonds is 6. The van der Waals surface area contributed by atoms with Gasteiger partial charge < -0.3 is 15.4 Å². The van der Waals surface area contributed by atoms with Crippen LogP contribution in [0, 0.1) is 5.82 Å². The van der Waals surface area contributed by atoms with Gasteiger partial charge in [-0.2, -0.15) is 5.10 Å². The normalized spacial score (nSPS) is 13.8. The number of para-hydroxylation sites is 1. The van der Waals surface area contributed by atoms with Crippen molar-refractivity contribution in [1.82, 2.24) is 25.1 Å². The number of carbonyl (C=O) groups excluding carboxylic acids is 1. The monoisotopic (exact) mass is 345 g/mol. The number of aromatic amines is 1. The zero-order valence-corrected chi connectivity index (χ0v) is 14.1. The van der Waals surface area contributed by atoms with Crippen LogP contribution in [-0.4, -0.2) is 37.3 Å². The Hall–Kier alpha value is -2.74. The Labute approximate surface area is 143 Å². The predicted molar refractivity (Wildman–Crippen MR) is 90.2 cm³/mol. The first-order chi connectivity index (χ1) is 11.8. The van der Waals surface area contributed by atoms with Crippen molar-refractivity contribution in [3.8, 4) is 0 Å². The highest BCUT2D eigenvalue weighted by Crippen LogP contribution is 2.19. The molecule has 7 nitrogen and oxygen atoms in total. The minimum Gasteiger partial charge on any atom is -0.383 e. The van der Waals surface area contributed by atoms with E-state index in [2.05, 4.69) is 20.4 Å². The molecule has 1 amide bonds. The molecular formula is C17H20FN5O2. The highest BCUT2D eigenvalue weighted by molar-refractivity contribution is 5.77. The molecule has 8 heteroatoms. The summed E-state index contributed by atoms with van der Waals surface area (Å²) < 4.78 is 15.2. The van der Waals surface area contributed by atoms with Gasteiger partial charge in [-0.05, 0) is 19.1 Å². The van der Waals surface area contributed by atoms with Crippen LogP contribution in [0.25, 0.3) is 11.0 Å². The lowest BCUT2D eigenvalue weighted by atomic mass is 10.00. The van der Waals surface area contributed by atoms with Gasteiger partial charge in [-0.15, -0.1) is 0 Å². The maximum Gasteiger partial charge on any atom is 0.220 e. The summed E-state index contributed by atoms with van der Waals surface area (Å²) in [7, 11) is 1.76. The van der Waals surface area contributed by atoms with Crippen molar-refractivity contribution in [2.75, 3.05) is 6.54 Å². The molecule has 0 aliphatic heterocycles. The molecule has 1 unspecified atom stereocenters. The average molecular weight is 345 g/mol. The van der Waals surface area contributed by atoms with E-state index in [0.29, 0.717) is 23.3 Å². The number of nitrogens with zero attached hydrogens (tertiary/aromatic N) is 3. The summed E-state index contributed by atoms with van der Waals surface area (Å²) in [6.07, 6.45) is 3.81. The predicted octanol–water partition coefficient (Wildman–Crippen LogP) is 1.39. The molecule has 3 aromatic rings. The summed E-state index contributed by atoms with van der Waals surface area (Å²) >= 11 is 0. The number of aromatic nitrogens is 4. The second-order valence-electron chi connectivity index (χ2n) is 6.27. The molecule has 3 N–H and O–H groups in total. The van der Waals surface area contributed by atoms with E-state index in [9.17, 15) is 14.3 Å². The smallest absolute Gasteiger partial charge is 0.220 e. The molecule has 0 aliphatic rings. The summed E-state index contributed by atoms with van der Waals surface area (Å²) in [6.45, 7) is 1.69. The van der Waals surface area contributed by atoms with Crippen LogP contribution in [0.5, 0.6) is 0 Å². The minimum atomic E-state index is -1.20. The highest BCUT2D eigenvalue weighted by atomic mass is 19.1. The van der Waals surface area contributed by atoms with Crippen molar-refractivity contribution in [3.05, 3.63) is 47.8 Å². The lowest BCUT2D eigenvalue weighted by Gasteiger charge is -2.22. The summed E-state index contributed by atoms with van der Waals surface area (Å²) in [4.78, 5) is 19.2. The molecule has 2 aromatic heterocycles. The molecule has 0 saturated heterocycles. The summed E-state index contributed by atoms with van der Waals surface area (Å²) in [5.74, 6) is -0.0590. The van der Waals surface area contributed by atoms with E-state index in [1.807, 2.05) is 0 Å². The molecule has 0 radical (unpaired) electrons. The fourth-order valence-corrected chi connectivity index (χ4v) is 2.56. The number of amides is 1. The number of imidazole rings is 1. The Morgan fingerprint density at radius 1 is 1.48 bits per heavy atom. The van der Waals surface area contributed by atoms with Crippen LogP contribution >= 0.6 is 0 Å². The van der Waals surface area contributed by atoms with Gasteiger partial charge in [-0.1, -0.05) is 6.07 Å². The summed E-state index contributed by atoms with van der Waals surface area (Å²) in [6, 6.07) is 4.69. The number of carbonyl (C=O) groups is 1. The summed E-state index contributed by atoms with van der Waals surface area (Å²) in [5.41, 5.74) is 0.308. The van der Waals surface area contributed by atoms with Gasteiger partial charge >= 0.3 is 0 Å². The first kappa shape index (κ1) is 17.1. The molecule has 0 spiro atoms. The second kappa shape index (κ2) is 6.64. The Morgan fingerprint density at radius 3 is 2.96 bits per heavy atom. The molecule has 1 atom stereocenters. The third kappa shape index (κ3) is 3.85. The number of aryl methyl sites for hydroxylation is 2. The number of aliphatic hydroxyl groups is 1. The number of hydrogen-bond acceptors (Lipinski definition) is 4. The van der Waals surface area contributed by atoms with Crippen molar-refractivity contribution in [1.29, 1.82) is 0 Å². The molecule has 3 rings (SSSR count). The number of benzene rings is 1. The van der Waals surface area contributed by atoms with Gasteiger partial charge in [0.25, 0.3) is 0 Å². The van der Waals surface area contributed by atoms with Gasteiger partial charge in [0.2, 0.25) is 5.91 Å². The largest absolute Gasteiger partial charge is 0.383 e. The van der Waals surface area contributed by atoms with Gasteiger partial charge in [0.15, 0.2) is 5.82 Å². The Bertz CT molecular complexity index is 899. The van der Waals surface area contributed by atoms with Gasteiger partial charge in [-0.3, -0.25) is 9.48 Å². The quantitative estimate of drug-likeness (QED) is 0.629. The average Bonchev–Trinajstić information content (AvgIpc) is 3.18. The Balaban J connectivity index is 1.54. The standard InChI is InChI=1S/C17H20FN5O2/c1-17(25,11-8-20-23(2)9-11)10-19-15(24)7-6-14-21-13-5-3-4-12(18)16(13)22-14/h3-5,8-9,25H,6-7,10H2,1-2H3,(H,19,24)(H,21,22). The number of halogens is 1. The van der Waals surface area contributed by atoms with E-state index in [0.717, 1.165) is 0 Å². The van der Waals surface area contributed by atoms with E-state index >= 15 is 0 Å². The van der Waals surface area contributed by atoms with Crippen molar-refractivity contribution in [2.45, 2.75) is 25.4 Å². The molecule has 2 heterocycles.